The van der Waals surface area contributed by atoms with Gasteiger partial charge in [-0.25, -0.2) is 9.59 Å². The molecule has 1 unspecified atom stereocenters. The number of carbonyl (C=O) groups excluding carboxylic acids is 1. The SMILES string of the molecule is C#CCC(C)NC(=O)Nc1ccc(Br)cc1C(=O)O. The lowest BCUT2D eigenvalue weighted by molar-refractivity contribution is 0.0698. The number of carbonyl (C=O) groups is 2. The molecule has 1 aromatic carbocycles. The predicted molar refractivity (Wildman–Crippen MR) is 76.2 cm³/mol. The summed E-state index contributed by atoms with van der Waals surface area (Å²) >= 11 is 3.18. The van der Waals surface area contributed by atoms with Crippen LogP contribution in [0.4, 0.5) is 10.5 Å². The highest BCUT2D eigenvalue weighted by atomic mass is 79.9. The van der Waals surface area contributed by atoms with Gasteiger partial charge in [0.1, 0.15) is 0 Å². The van der Waals surface area contributed by atoms with Crippen LogP contribution in [0.2, 0.25) is 0 Å². The zero-order chi connectivity index (χ0) is 14.4. The second-order valence-electron chi connectivity index (χ2n) is 3.90. The predicted octanol–water partition coefficient (Wildman–Crippen LogP) is 2.68. The molecule has 0 aliphatic rings. The molecule has 0 fully saturated rings. The van der Waals surface area contributed by atoms with E-state index in [0.717, 1.165) is 0 Å². The Morgan fingerprint density at radius 3 is 2.79 bits per heavy atom. The second-order valence-corrected chi connectivity index (χ2v) is 4.82. The lowest BCUT2D eigenvalue weighted by atomic mass is 10.2. The molecule has 19 heavy (non-hydrogen) atoms. The van der Waals surface area contributed by atoms with Gasteiger partial charge in [-0.15, -0.1) is 12.3 Å². The molecular formula is C13H13BrN2O3. The van der Waals surface area contributed by atoms with E-state index >= 15 is 0 Å². The molecule has 0 heterocycles. The Morgan fingerprint density at radius 1 is 1.53 bits per heavy atom. The molecule has 0 radical (unpaired) electrons. The van der Waals surface area contributed by atoms with E-state index in [0.29, 0.717) is 10.9 Å². The lowest BCUT2D eigenvalue weighted by Gasteiger charge is -2.13. The minimum Gasteiger partial charge on any atom is -0.478 e. The number of halogens is 1. The molecule has 5 nitrogen and oxygen atoms in total. The van der Waals surface area contributed by atoms with Crippen molar-refractivity contribution in [1.82, 2.24) is 5.32 Å². The fourth-order valence-corrected chi connectivity index (χ4v) is 1.77. The summed E-state index contributed by atoms with van der Waals surface area (Å²) in [7, 11) is 0. The van der Waals surface area contributed by atoms with Gasteiger partial charge < -0.3 is 15.7 Å². The van der Waals surface area contributed by atoms with E-state index in [1.165, 1.54) is 12.1 Å². The first kappa shape index (κ1) is 15.1. The molecule has 0 spiro atoms. The highest BCUT2D eigenvalue weighted by Gasteiger charge is 2.13. The monoisotopic (exact) mass is 324 g/mol. The lowest BCUT2D eigenvalue weighted by Crippen LogP contribution is -2.36. The minimum atomic E-state index is -1.12. The molecule has 2 amide bonds. The number of benzene rings is 1. The standard InChI is InChI=1S/C13H13BrN2O3/c1-3-4-8(2)15-13(19)16-11-6-5-9(14)7-10(11)12(17)18/h1,5-8H,4H2,2H3,(H,17,18)(H2,15,16,19). The summed E-state index contributed by atoms with van der Waals surface area (Å²) in [5, 5.41) is 14.2. The fourth-order valence-electron chi connectivity index (χ4n) is 1.41. The van der Waals surface area contributed by atoms with Crippen LogP contribution in [0.15, 0.2) is 22.7 Å². The number of anilines is 1. The number of carboxylic acids is 1. The number of urea groups is 1. The van der Waals surface area contributed by atoms with Crippen LogP contribution < -0.4 is 10.6 Å². The van der Waals surface area contributed by atoms with Crippen molar-refractivity contribution in [3.05, 3.63) is 28.2 Å². The van der Waals surface area contributed by atoms with E-state index in [4.69, 9.17) is 11.5 Å². The first-order valence-electron chi connectivity index (χ1n) is 5.48. The summed E-state index contributed by atoms with van der Waals surface area (Å²) in [4.78, 5) is 22.7. The molecule has 0 saturated carbocycles. The topological polar surface area (TPSA) is 78.4 Å². The largest absolute Gasteiger partial charge is 0.478 e. The van der Waals surface area contributed by atoms with Gasteiger partial charge in [-0.05, 0) is 25.1 Å². The van der Waals surface area contributed by atoms with Gasteiger partial charge in [-0.3, -0.25) is 0 Å². The first-order valence-corrected chi connectivity index (χ1v) is 6.27. The van der Waals surface area contributed by atoms with E-state index in [9.17, 15) is 9.59 Å². The maximum Gasteiger partial charge on any atom is 0.337 e. The van der Waals surface area contributed by atoms with Crippen molar-refractivity contribution in [2.75, 3.05) is 5.32 Å². The third-order valence-corrected chi connectivity index (χ3v) is 2.76. The molecule has 1 aromatic rings. The van der Waals surface area contributed by atoms with Gasteiger partial charge in [0.05, 0.1) is 11.3 Å². The van der Waals surface area contributed by atoms with Gasteiger partial charge in [0.15, 0.2) is 0 Å². The molecule has 6 heteroatoms. The maximum atomic E-state index is 11.7. The molecule has 3 N–H and O–H groups in total. The average Bonchev–Trinajstić information content (AvgIpc) is 2.31. The molecular weight excluding hydrogens is 312 g/mol. The van der Waals surface area contributed by atoms with Crippen molar-refractivity contribution in [2.45, 2.75) is 19.4 Å². The normalized spacial score (nSPS) is 11.2. The smallest absolute Gasteiger partial charge is 0.337 e. The number of amides is 2. The maximum absolute atomic E-state index is 11.7. The molecule has 0 aliphatic carbocycles. The van der Waals surface area contributed by atoms with Gasteiger partial charge in [0.25, 0.3) is 0 Å². The van der Waals surface area contributed by atoms with E-state index in [-0.39, 0.29) is 17.3 Å². The van der Waals surface area contributed by atoms with Crippen molar-refractivity contribution >= 4 is 33.6 Å². The van der Waals surface area contributed by atoms with Crippen LogP contribution in [-0.2, 0) is 0 Å². The summed E-state index contributed by atoms with van der Waals surface area (Å²) < 4.78 is 0.622. The zero-order valence-corrected chi connectivity index (χ0v) is 11.8. The highest BCUT2D eigenvalue weighted by molar-refractivity contribution is 9.10. The number of rotatable bonds is 4. The van der Waals surface area contributed by atoms with Gasteiger partial charge in [0, 0.05) is 16.9 Å². The van der Waals surface area contributed by atoms with Crippen LogP contribution in [0.3, 0.4) is 0 Å². The summed E-state index contributed by atoms with van der Waals surface area (Å²) in [6.07, 6.45) is 5.54. The number of hydrogen-bond acceptors (Lipinski definition) is 2. The Morgan fingerprint density at radius 2 is 2.21 bits per heavy atom. The molecule has 0 bridgehead atoms. The van der Waals surface area contributed by atoms with Crippen LogP contribution in [0.25, 0.3) is 0 Å². The van der Waals surface area contributed by atoms with Gasteiger partial charge in [-0.2, -0.15) is 0 Å². The molecule has 100 valence electrons. The van der Waals surface area contributed by atoms with Crippen molar-refractivity contribution in [3.8, 4) is 12.3 Å². The second kappa shape index (κ2) is 6.81. The van der Waals surface area contributed by atoms with E-state index in [2.05, 4.69) is 32.5 Å². The van der Waals surface area contributed by atoms with Crippen molar-refractivity contribution < 1.29 is 14.7 Å². The van der Waals surface area contributed by atoms with Crippen LogP contribution >= 0.6 is 15.9 Å². The molecule has 0 aliphatic heterocycles. The number of aromatic carboxylic acids is 1. The van der Waals surface area contributed by atoms with E-state index < -0.39 is 12.0 Å². The Kier molecular flexibility index (Phi) is 5.39. The summed E-state index contributed by atoms with van der Waals surface area (Å²) in [6.45, 7) is 1.76. The third kappa shape index (κ3) is 4.64. The summed E-state index contributed by atoms with van der Waals surface area (Å²) in [5.74, 6) is 1.31. The Hall–Kier alpha value is -2.00. The zero-order valence-electron chi connectivity index (χ0n) is 10.2. The quantitative estimate of drug-likeness (QED) is 0.745. The Bertz CT molecular complexity index is 537. The number of nitrogens with one attached hydrogen (secondary N) is 2. The van der Waals surface area contributed by atoms with Gasteiger partial charge in [0.2, 0.25) is 0 Å². The molecule has 1 rings (SSSR count). The van der Waals surface area contributed by atoms with E-state index in [1.54, 1.807) is 13.0 Å². The van der Waals surface area contributed by atoms with Crippen molar-refractivity contribution in [3.63, 3.8) is 0 Å². The third-order valence-electron chi connectivity index (χ3n) is 2.26. The first-order chi connectivity index (χ1) is 8.93. The number of carboxylic acid groups (broad SMARTS) is 1. The van der Waals surface area contributed by atoms with Crippen LogP contribution in [-0.4, -0.2) is 23.1 Å². The number of hydrogen-bond donors (Lipinski definition) is 3. The summed E-state index contributed by atoms with van der Waals surface area (Å²) in [6, 6.07) is 3.90. The highest BCUT2D eigenvalue weighted by Crippen LogP contribution is 2.21. The van der Waals surface area contributed by atoms with Crippen LogP contribution in [0.1, 0.15) is 23.7 Å². The molecule has 0 aromatic heterocycles. The van der Waals surface area contributed by atoms with Gasteiger partial charge >= 0.3 is 12.0 Å². The van der Waals surface area contributed by atoms with Gasteiger partial charge in [-0.1, -0.05) is 15.9 Å². The van der Waals surface area contributed by atoms with Crippen molar-refractivity contribution in [2.24, 2.45) is 0 Å². The Labute approximate surface area is 119 Å². The van der Waals surface area contributed by atoms with Crippen LogP contribution in [0, 0.1) is 12.3 Å². The van der Waals surface area contributed by atoms with Crippen LogP contribution in [0.5, 0.6) is 0 Å². The fraction of sp³-hybridized carbons (Fsp3) is 0.231. The van der Waals surface area contributed by atoms with Crippen molar-refractivity contribution in [1.29, 1.82) is 0 Å². The minimum absolute atomic E-state index is 0.00845. The van der Waals surface area contributed by atoms with E-state index in [1.807, 2.05) is 0 Å². The average molecular weight is 325 g/mol. The molecule has 1 atom stereocenters. The number of terminal acetylenes is 1. The Balaban J connectivity index is 2.80. The molecule has 0 saturated heterocycles. The summed E-state index contributed by atoms with van der Waals surface area (Å²) in [5.41, 5.74) is 0.232.